The van der Waals surface area contributed by atoms with Crippen LogP contribution in [0.1, 0.15) is 24.3 Å². The second kappa shape index (κ2) is 4.30. The van der Waals surface area contributed by atoms with Crippen LogP contribution in [0.25, 0.3) is 5.65 Å². The lowest BCUT2D eigenvalue weighted by atomic mass is 10.1. The third-order valence-corrected chi connectivity index (χ3v) is 2.42. The molecule has 2 aromatic heterocycles. The molecule has 18 heavy (non-hydrogen) atoms. The summed E-state index contributed by atoms with van der Waals surface area (Å²) in [6.07, 6.45) is 1.64. The van der Waals surface area contributed by atoms with Gasteiger partial charge in [-0.1, -0.05) is 6.07 Å². The van der Waals surface area contributed by atoms with E-state index >= 15 is 0 Å². The highest BCUT2D eigenvalue weighted by molar-refractivity contribution is 5.92. The van der Waals surface area contributed by atoms with Crippen molar-refractivity contribution in [3.05, 3.63) is 30.1 Å². The van der Waals surface area contributed by atoms with Gasteiger partial charge >= 0.3 is 5.97 Å². The van der Waals surface area contributed by atoms with Gasteiger partial charge in [0.05, 0.1) is 5.60 Å². The van der Waals surface area contributed by atoms with E-state index < -0.39 is 11.6 Å². The predicted molar refractivity (Wildman–Crippen MR) is 66.9 cm³/mol. The maximum atomic E-state index is 11.3. The van der Waals surface area contributed by atoms with Gasteiger partial charge in [-0.05, 0) is 26.0 Å². The van der Waals surface area contributed by atoms with E-state index in [1.165, 1.54) is 4.40 Å². The van der Waals surface area contributed by atoms with Crippen LogP contribution in [0.3, 0.4) is 0 Å². The lowest BCUT2D eigenvalue weighted by molar-refractivity contribution is 0.0688. The summed E-state index contributed by atoms with van der Waals surface area (Å²) >= 11 is 0. The minimum Gasteiger partial charge on any atom is -0.476 e. The molecule has 2 heterocycles. The van der Waals surface area contributed by atoms with Gasteiger partial charge in [0.1, 0.15) is 5.65 Å². The highest BCUT2D eigenvalue weighted by Crippen LogP contribution is 2.18. The largest absolute Gasteiger partial charge is 0.476 e. The molecule has 0 spiro atoms. The van der Waals surface area contributed by atoms with Gasteiger partial charge in [-0.2, -0.15) is 0 Å². The smallest absolute Gasteiger partial charge is 0.356 e. The minimum atomic E-state index is -1.06. The Morgan fingerprint density at radius 3 is 2.83 bits per heavy atom. The average Bonchev–Trinajstić information content (AvgIpc) is 2.63. The first-order chi connectivity index (χ1) is 8.38. The van der Waals surface area contributed by atoms with Crippen molar-refractivity contribution in [3.8, 4) is 0 Å². The van der Waals surface area contributed by atoms with Gasteiger partial charge in [0.15, 0.2) is 11.5 Å². The first-order valence-corrected chi connectivity index (χ1v) is 5.55. The molecular weight excluding hydrogens is 234 g/mol. The van der Waals surface area contributed by atoms with E-state index in [4.69, 9.17) is 0 Å². The van der Waals surface area contributed by atoms with Gasteiger partial charge in [0.25, 0.3) is 0 Å². The number of rotatable bonds is 4. The highest BCUT2D eigenvalue weighted by atomic mass is 16.4. The molecule has 0 saturated carbocycles. The zero-order chi connectivity index (χ0) is 13.3. The Balaban J connectivity index is 2.43. The summed E-state index contributed by atoms with van der Waals surface area (Å²) in [6, 6.07) is 5.25. The monoisotopic (exact) mass is 249 g/mol. The van der Waals surface area contributed by atoms with Crippen LogP contribution in [0.4, 0.5) is 5.82 Å². The Hall–Kier alpha value is -2.08. The normalized spacial score (nSPS) is 11.7. The van der Waals surface area contributed by atoms with Gasteiger partial charge in [-0.15, -0.1) is 0 Å². The zero-order valence-electron chi connectivity index (χ0n) is 10.2. The van der Waals surface area contributed by atoms with Gasteiger partial charge in [-0.25, -0.2) is 9.78 Å². The fourth-order valence-corrected chi connectivity index (χ4v) is 1.62. The maximum absolute atomic E-state index is 11.3. The Bertz CT molecular complexity index is 584. The Kier molecular flexibility index (Phi) is 2.96. The summed E-state index contributed by atoms with van der Waals surface area (Å²) in [5.41, 5.74) is -0.325. The van der Waals surface area contributed by atoms with Gasteiger partial charge in [-0.3, -0.25) is 4.40 Å². The van der Waals surface area contributed by atoms with Crippen LogP contribution in [0.5, 0.6) is 0 Å². The molecule has 0 fully saturated rings. The number of carbonyl (C=O) groups is 1. The molecule has 2 rings (SSSR count). The van der Waals surface area contributed by atoms with Crippen LogP contribution in [-0.4, -0.2) is 37.7 Å². The SMILES string of the molecule is CC(C)(O)CNc1nc2ccccn2c1C(=O)O. The number of hydrogen-bond acceptors (Lipinski definition) is 4. The summed E-state index contributed by atoms with van der Waals surface area (Å²) < 4.78 is 1.50. The topological polar surface area (TPSA) is 86.9 Å². The number of carboxylic acid groups (broad SMARTS) is 1. The molecular formula is C12H15N3O3. The number of aromatic carboxylic acids is 1. The molecule has 2 aromatic rings. The van der Waals surface area contributed by atoms with Crippen molar-refractivity contribution >= 4 is 17.4 Å². The fourth-order valence-electron chi connectivity index (χ4n) is 1.62. The Labute approximate surface area is 104 Å². The molecule has 0 radical (unpaired) electrons. The lowest BCUT2D eigenvalue weighted by Crippen LogP contribution is -2.30. The molecule has 96 valence electrons. The van der Waals surface area contributed by atoms with Crippen LogP contribution in [0.2, 0.25) is 0 Å². The number of hydrogen-bond donors (Lipinski definition) is 3. The third kappa shape index (κ3) is 2.43. The first-order valence-electron chi connectivity index (χ1n) is 5.55. The predicted octanol–water partition coefficient (Wildman–Crippen LogP) is 1.22. The summed E-state index contributed by atoms with van der Waals surface area (Å²) in [6.45, 7) is 3.49. The van der Waals surface area contributed by atoms with Gasteiger partial charge in [0, 0.05) is 12.7 Å². The highest BCUT2D eigenvalue weighted by Gasteiger charge is 2.20. The molecule has 3 N–H and O–H groups in total. The molecule has 0 amide bonds. The van der Waals surface area contributed by atoms with Crippen LogP contribution < -0.4 is 5.32 Å². The standard InChI is InChI=1S/C12H15N3O3/c1-12(2,18)7-13-10-9(11(16)17)15-6-4-3-5-8(15)14-10/h3-6,13,18H,7H2,1-2H3,(H,16,17). The van der Waals surface area contributed by atoms with Crippen LogP contribution in [-0.2, 0) is 0 Å². The number of nitrogens with zero attached hydrogens (tertiary/aromatic N) is 2. The molecule has 0 aliphatic carbocycles. The van der Waals surface area contributed by atoms with Crippen molar-refractivity contribution in [2.45, 2.75) is 19.4 Å². The molecule has 0 aliphatic rings. The fraction of sp³-hybridized carbons (Fsp3) is 0.333. The van der Waals surface area contributed by atoms with E-state index in [2.05, 4.69) is 10.3 Å². The molecule has 0 aliphatic heterocycles. The molecule has 0 saturated heterocycles. The second-order valence-corrected chi connectivity index (χ2v) is 4.71. The van der Waals surface area contributed by atoms with Crippen LogP contribution in [0.15, 0.2) is 24.4 Å². The summed E-state index contributed by atoms with van der Waals surface area (Å²) in [5.74, 6) is -0.803. The average molecular weight is 249 g/mol. The van der Waals surface area contributed by atoms with E-state index in [1.54, 1.807) is 38.2 Å². The number of imidazole rings is 1. The van der Waals surface area contributed by atoms with Crippen molar-refractivity contribution in [2.75, 3.05) is 11.9 Å². The number of nitrogens with one attached hydrogen (secondary N) is 1. The quantitative estimate of drug-likeness (QED) is 0.758. The molecule has 6 heteroatoms. The number of aromatic nitrogens is 2. The van der Waals surface area contributed by atoms with E-state index in [9.17, 15) is 15.0 Å². The van der Waals surface area contributed by atoms with Crippen LogP contribution in [0, 0.1) is 0 Å². The van der Waals surface area contributed by atoms with Crippen LogP contribution >= 0.6 is 0 Å². The first kappa shape index (κ1) is 12.4. The summed E-state index contributed by atoms with van der Waals surface area (Å²) in [7, 11) is 0. The second-order valence-electron chi connectivity index (χ2n) is 4.71. The van der Waals surface area contributed by atoms with Crippen molar-refractivity contribution in [1.82, 2.24) is 9.38 Å². The summed E-state index contributed by atoms with van der Waals surface area (Å²) in [5, 5.41) is 21.7. The van der Waals surface area contributed by atoms with Crippen molar-refractivity contribution < 1.29 is 15.0 Å². The molecule has 0 bridgehead atoms. The summed E-state index contributed by atoms with van der Waals surface area (Å²) in [4.78, 5) is 15.5. The van der Waals surface area contributed by atoms with Crippen molar-refractivity contribution in [3.63, 3.8) is 0 Å². The molecule has 0 aromatic carbocycles. The van der Waals surface area contributed by atoms with E-state index in [0.29, 0.717) is 5.65 Å². The number of fused-ring (bicyclic) bond motifs is 1. The van der Waals surface area contributed by atoms with Crippen molar-refractivity contribution in [2.24, 2.45) is 0 Å². The number of aliphatic hydroxyl groups is 1. The number of pyridine rings is 1. The number of anilines is 1. The Morgan fingerprint density at radius 1 is 1.50 bits per heavy atom. The maximum Gasteiger partial charge on any atom is 0.356 e. The van der Waals surface area contributed by atoms with E-state index in [1.807, 2.05) is 0 Å². The molecule has 6 nitrogen and oxygen atoms in total. The Morgan fingerprint density at radius 2 is 2.22 bits per heavy atom. The van der Waals surface area contributed by atoms with E-state index in [0.717, 1.165) is 0 Å². The van der Waals surface area contributed by atoms with Crippen molar-refractivity contribution in [1.29, 1.82) is 0 Å². The number of carboxylic acids is 1. The van der Waals surface area contributed by atoms with Gasteiger partial charge < -0.3 is 15.5 Å². The zero-order valence-corrected chi connectivity index (χ0v) is 10.2. The minimum absolute atomic E-state index is 0.0647. The molecule has 0 atom stereocenters. The van der Waals surface area contributed by atoms with Gasteiger partial charge in [0.2, 0.25) is 0 Å². The molecule has 0 unspecified atom stereocenters. The van der Waals surface area contributed by atoms with E-state index in [-0.39, 0.29) is 18.1 Å². The third-order valence-electron chi connectivity index (χ3n) is 2.42. The lowest BCUT2D eigenvalue weighted by Gasteiger charge is -2.17.